The van der Waals surface area contributed by atoms with Crippen molar-refractivity contribution in [3.8, 4) is 0 Å². The van der Waals surface area contributed by atoms with Crippen LogP contribution in [0.5, 0.6) is 0 Å². The van der Waals surface area contributed by atoms with Crippen LogP contribution in [0.2, 0.25) is 0 Å². The predicted octanol–water partition coefficient (Wildman–Crippen LogP) is 0.542. The number of amides is 2. The molecule has 0 atom stereocenters. The first-order chi connectivity index (χ1) is 6.63. The van der Waals surface area contributed by atoms with Crippen LogP contribution in [0.3, 0.4) is 0 Å². The second-order valence-electron chi connectivity index (χ2n) is 4.68. The summed E-state index contributed by atoms with van der Waals surface area (Å²) in [7, 11) is 0. The fourth-order valence-corrected chi connectivity index (χ4v) is 2.34. The maximum atomic E-state index is 11.7. The van der Waals surface area contributed by atoms with Gasteiger partial charge in [0.15, 0.2) is 0 Å². The van der Waals surface area contributed by atoms with Gasteiger partial charge >= 0.3 is 6.03 Å². The first-order valence-electron chi connectivity index (χ1n) is 5.42. The van der Waals surface area contributed by atoms with E-state index in [1.54, 1.807) is 0 Å². The minimum atomic E-state index is 0.0621. The Bertz CT molecular complexity index is 234. The van der Waals surface area contributed by atoms with Crippen molar-refractivity contribution in [3.63, 3.8) is 0 Å². The van der Waals surface area contributed by atoms with Crippen LogP contribution in [0.25, 0.3) is 0 Å². The fraction of sp³-hybridized carbons (Fsp3) is 0.900. The summed E-state index contributed by atoms with van der Waals surface area (Å²) in [6.07, 6.45) is 2.12. The maximum absolute atomic E-state index is 11.7. The van der Waals surface area contributed by atoms with Crippen LogP contribution < -0.4 is 10.6 Å². The third-order valence-corrected chi connectivity index (χ3v) is 3.29. The average Bonchev–Trinajstić information content (AvgIpc) is 2.44. The van der Waals surface area contributed by atoms with Crippen molar-refractivity contribution in [2.45, 2.75) is 38.3 Å². The SMILES string of the molecule is CC(C)N1CC2(CCNCC2)NC1=O. The number of urea groups is 1. The molecule has 2 amide bonds. The number of hydrogen-bond acceptors (Lipinski definition) is 2. The molecular formula is C10H19N3O. The fourth-order valence-electron chi connectivity index (χ4n) is 2.34. The lowest BCUT2D eigenvalue weighted by atomic mass is 9.89. The van der Waals surface area contributed by atoms with Gasteiger partial charge in [0, 0.05) is 12.6 Å². The molecule has 2 aliphatic heterocycles. The molecule has 4 heteroatoms. The first-order valence-corrected chi connectivity index (χ1v) is 5.42. The molecule has 0 radical (unpaired) electrons. The van der Waals surface area contributed by atoms with Crippen LogP contribution in [-0.2, 0) is 0 Å². The summed E-state index contributed by atoms with van der Waals surface area (Å²) in [5, 5.41) is 6.47. The predicted molar refractivity (Wildman–Crippen MR) is 55.2 cm³/mol. The zero-order valence-corrected chi connectivity index (χ0v) is 8.97. The van der Waals surface area contributed by atoms with Gasteiger partial charge in [0.25, 0.3) is 0 Å². The maximum Gasteiger partial charge on any atom is 0.318 e. The molecule has 1 spiro atoms. The number of carbonyl (C=O) groups is 1. The van der Waals surface area contributed by atoms with E-state index in [-0.39, 0.29) is 11.6 Å². The minimum absolute atomic E-state index is 0.0621. The Morgan fingerprint density at radius 3 is 2.50 bits per heavy atom. The van der Waals surface area contributed by atoms with Crippen molar-refractivity contribution in [3.05, 3.63) is 0 Å². The Labute approximate surface area is 85.0 Å². The van der Waals surface area contributed by atoms with Crippen LogP contribution in [0.15, 0.2) is 0 Å². The van der Waals surface area contributed by atoms with Crippen LogP contribution in [0, 0.1) is 0 Å². The van der Waals surface area contributed by atoms with Crippen LogP contribution in [0.4, 0.5) is 4.79 Å². The Hall–Kier alpha value is -0.770. The van der Waals surface area contributed by atoms with Gasteiger partial charge in [-0.15, -0.1) is 0 Å². The monoisotopic (exact) mass is 197 g/mol. The van der Waals surface area contributed by atoms with E-state index in [4.69, 9.17) is 0 Å². The quantitative estimate of drug-likeness (QED) is 0.644. The molecule has 0 unspecified atom stereocenters. The minimum Gasteiger partial charge on any atom is -0.331 e. The second kappa shape index (κ2) is 3.42. The molecule has 2 heterocycles. The average molecular weight is 197 g/mol. The highest BCUT2D eigenvalue weighted by atomic mass is 16.2. The van der Waals surface area contributed by atoms with Crippen LogP contribution in [-0.4, -0.2) is 42.1 Å². The molecule has 2 saturated heterocycles. The Morgan fingerprint density at radius 1 is 1.36 bits per heavy atom. The molecule has 0 aliphatic carbocycles. The molecule has 0 aromatic rings. The molecule has 80 valence electrons. The van der Waals surface area contributed by atoms with Crippen molar-refractivity contribution in [1.29, 1.82) is 0 Å². The highest BCUT2D eigenvalue weighted by Crippen LogP contribution is 2.26. The normalized spacial score (nSPS) is 25.9. The van der Waals surface area contributed by atoms with Crippen molar-refractivity contribution in [1.82, 2.24) is 15.5 Å². The molecule has 2 rings (SSSR count). The molecule has 2 N–H and O–H groups in total. The summed E-state index contributed by atoms with van der Waals surface area (Å²) in [6.45, 7) is 7.06. The smallest absolute Gasteiger partial charge is 0.318 e. The number of nitrogens with zero attached hydrogens (tertiary/aromatic N) is 1. The van der Waals surface area contributed by atoms with Gasteiger partial charge in [-0.25, -0.2) is 4.79 Å². The summed E-state index contributed by atoms with van der Waals surface area (Å²) in [4.78, 5) is 13.6. The molecule has 0 bridgehead atoms. The van der Waals surface area contributed by atoms with Crippen LogP contribution in [0.1, 0.15) is 26.7 Å². The molecule has 2 aliphatic rings. The van der Waals surface area contributed by atoms with E-state index in [1.807, 2.05) is 4.90 Å². The lowest BCUT2D eigenvalue weighted by Crippen LogP contribution is -2.51. The summed E-state index contributed by atoms with van der Waals surface area (Å²) in [5.74, 6) is 0. The Morgan fingerprint density at radius 2 is 2.00 bits per heavy atom. The Balaban J connectivity index is 2.07. The van der Waals surface area contributed by atoms with E-state index in [9.17, 15) is 4.79 Å². The van der Waals surface area contributed by atoms with Crippen molar-refractivity contribution >= 4 is 6.03 Å². The number of hydrogen-bond donors (Lipinski definition) is 2. The van der Waals surface area contributed by atoms with E-state index < -0.39 is 0 Å². The van der Waals surface area contributed by atoms with Gasteiger partial charge in [-0.05, 0) is 39.8 Å². The summed E-state index contributed by atoms with van der Waals surface area (Å²) in [5.41, 5.74) is 0.0621. The largest absolute Gasteiger partial charge is 0.331 e. The van der Waals surface area contributed by atoms with Gasteiger partial charge in [-0.1, -0.05) is 0 Å². The van der Waals surface area contributed by atoms with Gasteiger partial charge in [-0.2, -0.15) is 0 Å². The van der Waals surface area contributed by atoms with Crippen molar-refractivity contribution < 1.29 is 4.79 Å². The van der Waals surface area contributed by atoms with Gasteiger partial charge in [0.2, 0.25) is 0 Å². The number of piperidine rings is 1. The standard InChI is InChI=1S/C10H19N3O/c1-8(2)13-7-10(12-9(13)14)3-5-11-6-4-10/h8,11H,3-7H2,1-2H3,(H,12,14). The van der Waals surface area contributed by atoms with Crippen molar-refractivity contribution in [2.24, 2.45) is 0 Å². The van der Waals surface area contributed by atoms with Gasteiger partial charge in [0.1, 0.15) is 0 Å². The van der Waals surface area contributed by atoms with E-state index >= 15 is 0 Å². The second-order valence-corrected chi connectivity index (χ2v) is 4.68. The first kappa shape index (κ1) is 9.77. The lowest BCUT2D eigenvalue weighted by Gasteiger charge is -2.33. The zero-order chi connectivity index (χ0) is 10.2. The molecule has 4 nitrogen and oxygen atoms in total. The highest BCUT2D eigenvalue weighted by molar-refractivity contribution is 5.78. The van der Waals surface area contributed by atoms with E-state index in [0.717, 1.165) is 32.5 Å². The third-order valence-electron chi connectivity index (χ3n) is 3.29. The molecular weight excluding hydrogens is 178 g/mol. The highest BCUT2D eigenvalue weighted by Gasteiger charge is 2.43. The van der Waals surface area contributed by atoms with Crippen LogP contribution >= 0.6 is 0 Å². The number of nitrogens with one attached hydrogen (secondary N) is 2. The molecule has 2 fully saturated rings. The molecule has 0 aromatic carbocycles. The summed E-state index contributed by atoms with van der Waals surface area (Å²) >= 11 is 0. The molecule has 14 heavy (non-hydrogen) atoms. The van der Waals surface area contributed by atoms with E-state index in [1.165, 1.54) is 0 Å². The summed E-state index contributed by atoms with van der Waals surface area (Å²) in [6, 6.07) is 0.422. The van der Waals surface area contributed by atoms with Gasteiger partial charge in [0.05, 0.1) is 5.54 Å². The van der Waals surface area contributed by atoms with E-state index in [2.05, 4.69) is 24.5 Å². The van der Waals surface area contributed by atoms with Gasteiger partial charge < -0.3 is 15.5 Å². The van der Waals surface area contributed by atoms with E-state index in [0.29, 0.717) is 6.04 Å². The number of carbonyl (C=O) groups excluding carboxylic acids is 1. The molecule has 0 aromatic heterocycles. The summed E-state index contributed by atoms with van der Waals surface area (Å²) < 4.78 is 0. The lowest BCUT2D eigenvalue weighted by molar-refractivity contribution is 0.203. The topological polar surface area (TPSA) is 44.4 Å². The van der Waals surface area contributed by atoms with Gasteiger partial charge in [-0.3, -0.25) is 0 Å². The number of rotatable bonds is 1. The zero-order valence-electron chi connectivity index (χ0n) is 8.97. The Kier molecular flexibility index (Phi) is 2.39. The molecule has 0 saturated carbocycles. The third kappa shape index (κ3) is 1.59. The van der Waals surface area contributed by atoms with Crippen molar-refractivity contribution in [2.75, 3.05) is 19.6 Å².